The lowest BCUT2D eigenvalue weighted by molar-refractivity contribution is -0.136. The van der Waals surface area contributed by atoms with Crippen molar-refractivity contribution in [3.8, 4) is 0 Å². The van der Waals surface area contributed by atoms with Crippen molar-refractivity contribution in [3.63, 3.8) is 0 Å². The Balaban J connectivity index is 1.35. The topological polar surface area (TPSA) is 113 Å². The number of fused-ring (bicyclic) bond motifs is 3. The largest absolute Gasteiger partial charge is 0.324 e. The van der Waals surface area contributed by atoms with E-state index in [0.29, 0.717) is 23.6 Å². The Morgan fingerprint density at radius 2 is 1.90 bits per heavy atom. The summed E-state index contributed by atoms with van der Waals surface area (Å²) < 4.78 is 0. The quantitative estimate of drug-likeness (QED) is 0.713. The monoisotopic (exact) mass is 410 g/mol. The van der Waals surface area contributed by atoms with Crippen LogP contribution in [-0.2, 0) is 16.1 Å². The zero-order valence-corrected chi connectivity index (χ0v) is 16.9. The first-order chi connectivity index (χ1) is 14.3. The van der Waals surface area contributed by atoms with Gasteiger partial charge in [-0.05, 0) is 49.3 Å². The summed E-state index contributed by atoms with van der Waals surface area (Å²) in [5, 5.41) is 2.22. The molecule has 1 saturated carbocycles. The lowest BCUT2D eigenvalue weighted by Gasteiger charge is -2.48. The number of carbonyl (C=O) groups excluding carboxylic acids is 4. The standard InChI is InChI=1S/C22H26N4O4/c23-22-7-1-2-14(9-22)11-25(12-22)10-13-3-4-15-16(8-13)21(30)26(20(15)29)17-5-6-18(27)24-19(17)28/h3-4,8,14,17H,1-2,5-7,9-12,23H2,(H,24,27,28). The number of nitrogens with one attached hydrogen (secondary N) is 1. The highest BCUT2D eigenvalue weighted by molar-refractivity contribution is 6.23. The number of nitrogens with two attached hydrogens (primary N) is 1. The highest BCUT2D eigenvalue weighted by Crippen LogP contribution is 2.37. The molecule has 3 aliphatic heterocycles. The Labute approximate surface area is 174 Å². The van der Waals surface area contributed by atoms with Crippen LogP contribution in [-0.4, -0.2) is 58.1 Å². The van der Waals surface area contributed by atoms with Crippen LogP contribution in [0, 0.1) is 5.92 Å². The number of amides is 4. The van der Waals surface area contributed by atoms with Crippen molar-refractivity contribution in [1.29, 1.82) is 0 Å². The smallest absolute Gasteiger partial charge is 0.262 e. The Morgan fingerprint density at radius 3 is 2.67 bits per heavy atom. The van der Waals surface area contributed by atoms with Crippen molar-refractivity contribution in [2.75, 3.05) is 13.1 Å². The van der Waals surface area contributed by atoms with Gasteiger partial charge in [-0.25, -0.2) is 0 Å². The van der Waals surface area contributed by atoms with Gasteiger partial charge in [-0.2, -0.15) is 0 Å². The fraction of sp³-hybridized carbons (Fsp3) is 0.545. The minimum Gasteiger partial charge on any atom is -0.324 e. The molecule has 3 heterocycles. The summed E-state index contributed by atoms with van der Waals surface area (Å²) >= 11 is 0. The molecule has 0 aromatic heterocycles. The van der Waals surface area contributed by atoms with Gasteiger partial charge in [0.2, 0.25) is 11.8 Å². The summed E-state index contributed by atoms with van der Waals surface area (Å²) in [4.78, 5) is 52.8. The Hall–Kier alpha value is -2.58. The molecule has 3 atom stereocenters. The Morgan fingerprint density at radius 1 is 1.10 bits per heavy atom. The van der Waals surface area contributed by atoms with Crippen LogP contribution in [0.25, 0.3) is 0 Å². The number of likely N-dealkylation sites (tertiary alicyclic amines) is 1. The summed E-state index contributed by atoms with van der Waals surface area (Å²) in [5.74, 6) is -1.27. The van der Waals surface area contributed by atoms with Gasteiger partial charge < -0.3 is 5.73 Å². The third-order valence-electron chi connectivity index (χ3n) is 6.95. The maximum atomic E-state index is 13.0. The zero-order chi connectivity index (χ0) is 21.0. The van der Waals surface area contributed by atoms with Crippen molar-refractivity contribution in [2.24, 2.45) is 11.7 Å². The van der Waals surface area contributed by atoms with E-state index in [4.69, 9.17) is 5.73 Å². The first kappa shape index (κ1) is 19.4. The number of hydrogen-bond donors (Lipinski definition) is 2. The summed E-state index contributed by atoms with van der Waals surface area (Å²) in [7, 11) is 0. The maximum absolute atomic E-state index is 13.0. The molecule has 1 aromatic rings. The molecule has 158 valence electrons. The second-order valence-electron chi connectivity index (χ2n) is 9.32. The molecule has 0 radical (unpaired) electrons. The Bertz CT molecular complexity index is 960. The molecule has 3 unspecified atom stereocenters. The molecule has 4 aliphatic rings. The van der Waals surface area contributed by atoms with Crippen LogP contribution in [0.2, 0.25) is 0 Å². The van der Waals surface area contributed by atoms with Crippen LogP contribution in [0.3, 0.4) is 0 Å². The van der Waals surface area contributed by atoms with Crippen LogP contribution in [0.5, 0.6) is 0 Å². The average Bonchev–Trinajstić information content (AvgIpc) is 2.91. The van der Waals surface area contributed by atoms with Crippen LogP contribution >= 0.6 is 0 Å². The highest BCUT2D eigenvalue weighted by atomic mass is 16.2. The van der Waals surface area contributed by atoms with E-state index in [1.807, 2.05) is 6.07 Å². The normalized spacial score (nSPS) is 31.7. The number of carbonyl (C=O) groups is 4. The molecule has 2 saturated heterocycles. The van der Waals surface area contributed by atoms with Crippen molar-refractivity contribution in [2.45, 2.75) is 56.7 Å². The van der Waals surface area contributed by atoms with Crippen LogP contribution in [0.15, 0.2) is 18.2 Å². The van der Waals surface area contributed by atoms with Gasteiger partial charge in [0.25, 0.3) is 11.8 Å². The summed E-state index contributed by atoms with van der Waals surface area (Å²) in [5.41, 5.74) is 8.09. The zero-order valence-electron chi connectivity index (χ0n) is 16.9. The van der Waals surface area contributed by atoms with E-state index in [1.54, 1.807) is 12.1 Å². The van der Waals surface area contributed by atoms with E-state index in [9.17, 15) is 19.2 Å². The van der Waals surface area contributed by atoms with Crippen molar-refractivity contribution in [3.05, 3.63) is 34.9 Å². The van der Waals surface area contributed by atoms with Gasteiger partial charge in [0.1, 0.15) is 6.04 Å². The minimum absolute atomic E-state index is 0.117. The fourth-order valence-corrected chi connectivity index (χ4v) is 5.69. The van der Waals surface area contributed by atoms with E-state index in [1.165, 1.54) is 12.8 Å². The summed E-state index contributed by atoms with van der Waals surface area (Å²) in [6.07, 6.45) is 4.83. The van der Waals surface area contributed by atoms with Crippen molar-refractivity contribution in [1.82, 2.24) is 15.1 Å². The lowest BCUT2D eigenvalue weighted by atomic mass is 9.73. The van der Waals surface area contributed by atoms with Gasteiger partial charge in [0.05, 0.1) is 11.1 Å². The van der Waals surface area contributed by atoms with Crippen molar-refractivity contribution >= 4 is 23.6 Å². The first-order valence-electron chi connectivity index (χ1n) is 10.7. The Kier molecular flexibility index (Phi) is 4.52. The number of piperidine rings is 2. The number of hydrogen-bond acceptors (Lipinski definition) is 6. The van der Waals surface area contributed by atoms with E-state index in [0.717, 1.165) is 36.4 Å². The number of benzene rings is 1. The molecule has 1 aromatic carbocycles. The SMILES string of the molecule is NC12CCCC(CN(Cc3ccc4c(c3)C(=O)N(C3CCC(=O)NC3=O)C4=O)C1)C2. The number of imide groups is 2. The van der Waals surface area contributed by atoms with E-state index >= 15 is 0 Å². The molecular weight excluding hydrogens is 384 g/mol. The molecule has 1 aliphatic carbocycles. The van der Waals surface area contributed by atoms with Gasteiger partial charge in [-0.1, -0.05) is 12.5 Å². The predicted molar refractivity (Wildman–Crippen MR) is 107 cm³/mol. The molecule has 8 nitrogen and oxygen atoms in total. The third kappa shape index (κ3) is 3.24. The molecule has 3 fully saturated rings. The molecule has 4 amide bonds. The summed E-state index contributed by atoms with van der Waals surface area (Å²) in [6.45, 7) is 2.53. The predicted octanol–water partition coefficient (Wildman–Crippen LogP) is 0.791. The number of rotatable bonds is 3. The van der Waals surface area contributed by atoms with E-state index in [-0.39, 0.29) is 24.3 Å². The lowest BCUT2D eigenvalue weighted by Crippen LogP contribution is -2.58. The van der Waals surface area contributed by atoms with Gasteiger partial charge in [-0.3, -0.25) is 34.3 Å². The molecule has 8 heteroatoms. The van der Waals surface area contributed by atoms with Crippen LogP contribution < -0.4 is 11.1 Å². The molecular formula is C22H26N4O4. The van der Waals surface area contributed by atoms with Gasteiger partial charge >= 0.3 is 0 Å². The molecule has 0 spiro atoms. The first-order valence-corrected chi connectivity index (χ1v) is 10.7. The minimum atomic E-state index is -0.933. The van der Waals surface area contributed by atoms with Crippen LogP contribution in [0.1, 0.15) is 64.8 Å². The second-order valence-corrected chi connectivity index (χ2v) is 9.32. The van der Waals surface area contributed by atoms with E-state index in [2.05, 4.69) is 10.2 Å². The molecule has 30 heavy (non-hydrogen) atoms. The maximum Gasteiger partial charge on any atom is 0.262 e. The van der Waals surface area contributed by atoms with Gasteiger partial charge in [0, 0.05) is 31.6 Å². The van der Waals surface area contributed by atoms with Crippen LogP contribution in [0.4, 0.5) is 0 Å². The second kappa shape index (κ2) is 6.99. The van der Waals surface area contributed by atoms with E-state index < -0.39 is 23.8 Å². The van der Waals surface area contributed by atoms with Gasteiger partial charge in [0.15, 0.2) is 0 Å². The molecule has 3 N–H and O–H groups in total. The average molecular weight is 410 g/mol. The highest BCUT2D eigenvalue weighted by Gasteiger charge is 2.45. The third-order valence-corrected chi connectivity index (χ3v) is 6.95. The molecule has 2 bridgehead atoms. The summed E-state index contributed by atoms with van der Waals surface area (Å²) in [6, 6.07) is 4.40. The van der Waals surface area contributed by atoms with Gasteiger partial charge in [-0.15, -0.1) is 0 Å². The molecule has 5 rings (SSSR count). The number of nitrogens with zero attached hydrogens (tertiary/aromatic N) is 2. The fourth-order valence-electron chi connectivity index (χ4n) is 5.69. The van der Waals surface area contributed by atoms with Crippen molar-refractivity contribution < 1.29 is 19.2 Å².